The zero-order valence-electron chi connectivity index (χ0n) is 11.0. The Morgan fingerprint density at radius 3 is 2.31 bits per heavy atom. The Hall–Kier alpha value is -0.610. The average Bonchev–Trinajstić information content (AvgIpc) is 2.20. The van der Waals surface area contributed by atoms with Crippen molar-refractivity contribution >= 4 is 5.91 Å². The van der Waals surface area contributed by atoms with Gasteiger partial charge in [0.2, 0.25) is 5.91 Å². The van der Waals surface area contributed by atoms with Crippen LogP contribution in [0.5, 0.6) is 0 Å². The molecular weight excluding hydrogens is 204 g/mol. The summed E-state index contributed by atoms with van der Waals surface area (Å²) in [5, 5.41) is 9.73. The van der Waals surface area contributed by atoms with Gasteiger partial charge in [-0.3, -0.25) is 4.79 Å². The number of carbonyl (C=O) groups is 1. The molecule has 0 heterocycles. The Labute approximate surface area is 98.8 Å². The summed E-state index contributed by atoms with van der Waals surface area (Å²) in [5.74, 6) is -0.0405. The highest BCUT2D eigenvalue weighted by atomic mass is 16.3. The quantitative estimate of drug-likeness (QED) is 0.685. The first-order valence-electron chi connectivity index (χ1n) is 6.06. The van der Waals surface area contributed by atoms with Crippen LogP contribution in [-0.2, 0) is 4.79 Å². The van der Waals surface area contributed by atoms with E-state index in [0.717, 1.165) is 12.8 Å². The van der Waals surface area contributed by atoms with Gasteiger partial charge in [-0.05, 0) is 27.2 Å². The Morgan fingerprint density at radius 2 is 2.00 bits per heavy atom. The van der Waals surface area contributed by atoms with E-state index in [1.54, 1.807) is 18.7 Å². The number of rotatable bonds is 7. The Morgan fingerprint density at radius 1 is 1.44 bits per heavy atom. The molecule has 4 nitrogen and oxygen atoms in total. The second-order valence-corrected chi connectivity index (χ2v) is 4.89. The fraction of sp³-hybridized carbons (Fsp3) is 0.917. The van der Waals surface area contributed by atoms with Crippen molar-refractivity contribution in [1.29, 1.82) is 0 Å². The van der Waals surface area contributed by atoms with Gasteiger partial charge in [-0.15, -0.1) is 0 Å². The molecule has 0 rings (SSSR count). The molecule has 0 saturated heterocycles. The van der Waals surface area contributed by atoms with E-state index >= 15 is 0 Å². The Kier molecular flexibility index (Phi) is 6.60. The van der Waals surface area contributed by atoms with Crippen LogP contribution in [0.15, 0.2) is 0 Å². The molecular formula is C12H26N2O2. The highest BCUT2D eigenvalue weighted by molar-refractivity contribution is 5.79. The van der Waals surface area contributed by atoms with Gasteiger partial charge >= 0.3 is 0 Å². The number of nitrogens with two attached hydrogens (primary N) is 1. The van der Waals surface area contributed by atoms with Crippen molar-refractivity contribution in [2.45, 2.75) is 46.1 Å². The van der Waals surface area contributed by atoms with Crippen LogP contribution in [0.4, 0.5) is 0 Å². The summed E-state index contributed by atoms with van der Waals surface area (Å²) in [4.78, 5) is 13.8. The summed E-state index contributed by atoms with van der Waals surface area (Å²) in [6, 6.07) is 0. The smallest absolute Gasteiger partial charge is 0.227 e. The van der Waals surface area contributed by atoms with Gasteiger partial charge in [0.05, 0.1) is 11.5 Å². The number of likely N-dealkylation sites (N-methyl/N-ethyl adjacent to an activating group) is 1. The molecule has 0 aromatic carbocycles. The molecule has 1 unspecified atom stereocenters. The molecule has 1 atom stereocenters. The summed E-state index contributed by atoms with van der Waals surface area (Å²) in [5.41, 5.74) is 4.76. The van der Waals surface area contributed by atoms with Crippen molar-refractivity contribution < 1.29 is 9.90 Å². The van der Waals surface area contributed by atoms with E-state index in [4.69, 9.17) is 5.73 Å². The maximum absolute atomic E-state index is 12.1. The van der Waals surface area contributed by atoms with Gasteiger partial charge in [-0.25, -0.2) is 0 Å². The number of hydrogen-bond donors (Lipinski definition) is 2. The van der Waals surface area contributed by atoms with Crippen LogP contribution in [-0.4, -0.2) is 41.1 Å². The van der Waals surface area contributed by atoms with Gasteiger partial charge in [-0.2, -0.15) is 0 Å². The minimum atomic E-state index is -0.850. The molecule has 0 aliphatic heterocycles. The Balaban J connectivity index is 4.50. The van der Waals surface area contributed by atoms with Crippen LogP contribution < -0.4 is 5.73 Å². The van der Waals surface area contributed by atoms with Gasteiger partial charge in [0.25, 0.3) is 0 Å². The van der Waals surface area contributed by atoms with Crippen molar-refractivity contribution in [2.24, 2.45) is 11.7 Å². The first-order valence-corrected chi connectivity index (χ1v) is 6.06. The number of amides is 1. The number of aliphatic hydroxyl groups is 1. The third-order valence-corrected chi connectivity index (χ3v) is 2.54. The van der Waals surface area contributed by atoms with E-state index in [-0.39, 0.29) is 11.8 Å². The summed E-state index contributed by atoms with van der Waals surface area (Å²) in [6.45, 7) is 8.74. The predicted molar refractivity (Wildman–Crippen MR) is 66.0 cm³/mol. The minimum Gasteiger partial charge on any atom is -0.389 e. The van der Waals surface area contributed by atoms with Gasteiger partial charge in [0, 0.05) is 19.6 Å². The van der Waals surface area contributed by atoms with Crippen molar-refractivity contribution in [1.82, 2.24) is 4.90 Å². The maximum Gasteiger partial charge on any atom is 0.227 e. The highest BCUT2D eigenvalue weighted by Crippen LogP contribution is 2.12. The number of carbonyl (C=O) groups excluding carboxylic acids is 1. The summed E-state index contributed by atoms with van der Waals surface area (Å²) in [6.07, 6.45) is 1.77. The van der Waals surface area contributed by atoms with E-state index in [1.807, 2.05) is 13.8 Å². The van der Waals surface area contributed by atoms with E-state index in [2.05, 4.69) is 0 Å². The van der Waals surface area contributed by atoms with Crippen LogP contribution in [0.1, 0.15) is 40.5 Å². The van der Waals surface area contributed by atoms with Crippen molar-refractivity contribution in [3.05, 3.63) is 0 Å². The lowest BCUT2D eigenvalue weighted by Gasteiger charge is -2.30. The SMILES string of the molecule is CCCC(CN)C(=O)N(CC)CC(C)(C)O. The molecule has 0 bridgehead atoms. The largest absolute Gasteiger partial charge is 0.389 e. The molecule has 0 spiro atoms. The average molecular weight is 230 g/mol. The molecule has 0 fully saturated rings. The van der Waals surface area contributed by atoms with Crippen molar-refractivity contribution in [3.63, 3.8) is 0 Å². The van der Waals surface area contributed by atoms with Crippen LogP contribution in [0.3, 0.4) is 0 Å². The summed E-state index contributed by atoms with van der Waals surface area (Å²) < 4.78 is 0. The van der Waals surface area contributed by atoms with E-state index < -0.39 is 5.60 Å². The number of nitrogens with zero attached hydrogens (tertiary/aromatic N) is 1. The molecule has 0 aromatic heterocycles. The first-order chi connectivity index (χ1) is 7.35. The van der Waals surface area contributed by atoms with E-state index in [0.29, 0.717) is 19.6 Å². The van der Waals surface area contributed by atoms with Crippen LogP contribution in [0.25, 0.3) is 0 Å². The summed E-state index contributed by atoms with van der Waals surface area (Å²) in [7, 11) is 0. The minimum absolute atomic E-state index is 0.0639. The van der Waals surface area contributed by atoms with Crippen LogP contribution in [0, 0.1) is 5.92 Å². The molecule has 96 valence electrons. The number of hydrogen-bond acceptors (Lipinski definition) is 3. The van der Waals surface area contributed by atoms with Crippen LogP contribution >= 0.6 is 0 Å². The Bertz CT molecular complexity index is 212. The van der Waals surface area contributed by atoms with Gasteiger partial charge in [0.15, 0.2) is 0 Å². The molecule has 0 radical (unpaired) electrons. The molecule has 0 aliphatic carbocycles. The molecule has 0 saturated carbocycles. The zero-order valence-corrected chi connectivity index (χ0v) is 11.0. The summed E-state index contributed by atoms with van der Waals surface area (Å²) >= 11 is 0. The van der Waals surface area contributed by atoms with E-state index in [9.17, 15) is 9.90 Å². The molecule has 0 aromatic rings. The molecule has 1 amide bonds. The third-order valence-electron chi connectivity index (χ3n) is 2.54. The normalized spacial score (nSPS) is 13.6. The van der Waals surface area contributed by atoms with Gasteiger partial charge in [-0.1, -0.05) is 13.3 Å². The third kappa shape index (κ3) is 5.47. The highest BCUT2D eigenvalue weighted by Gasteiger charge is 2.25. The monoisotopic (exact) mass is 230 g/mol. The van der Waals surface area contributed by atoms with Gasteiger partial charge in [0.1, 0.15) is 0 Å². The standard InChI is InChI=1S/C12H26N2O2/c1-5-7-10(8-13)11(15)14(6-2)9-12(3,4)16/h10,16H,5-9,13H2,1-4H3. The molecule has 16 heavy (non-hydrogen) atoms. The molecule has 0 aliphatic rings. The zero-order chi connectivity index (χ0) is 12.8. The van der Waals surface area contributed by atoms with Crippen LogP contribution in [0.2, 0.25) is 0 Å². The fourth-order valence-electron chi connectivity index (χ4n) is 1.76. The molecule has 4 heteroatoms. The predicted octanol–water partition coefficient (Wildman–Crippen LogP) is 0.981. The van der Waals surface area contributed by atoms with Crippen molar-refractivity contribution in [3.8, 4) is 0 Å². The van der Waals surface area contributed by atoms with Gasteiger partial charge < -0.3 is 15.7 Å². The second kappa shape index (κ2) is 6.86. The maximum atomic E-state index is 12.1. The molecule has 3 N–H and O–H groups in total. The lowest BCUT2D eigenvalue weighted by atomic mass is 10.0. The topological polar surface area (TPSA) is 66.6 Å². The van der Waals surface area contributed by atoms with E-state index in [1.165, 1.54) is 0 Å². The fourth-order valence-corrected chi connectivity index (χ4v) is 1.76. The lowest BCUT2D eigenvalue weighted by molar-refractivity contribution is -0.138. The first kappa shape index (κ1) is 15.4. The van der Waals surface area contributed by atoms with Crippen molar-refractivity contribution in [2.75, 3.05) is 19.6 Å². The second-order valence-electron chi connectivity index (χ2n) is 4.89. The lowest BCUT2D eigenvalue weighted by Crippen LogP contribution is -2.46.